The number of carbonyl (C=O) groups excluding carboxylic acids is 1. The molecule has 0 aromatic heterocycles. The molecule has 1 amide bonds. The van der Waals surface area contributed by atoms with Gasteiger partial charge in [0, 0.05) is 21.6 Å². The van der Waals surface area contributed by atoms with Gasteiger partial charge >= 0.3 is 5.97 Å². The maximum absolute atomic E-state index is 14.0. The van der Waals surface area contributed by atoms with Crippen LogP contribution in [0.4, 0.5) is 0 Å². The molecule has 1 aliphatic heterocycles. The average Bonchev–Trinajstić information content (AvgIpc) is 3.66. The summed E-state index contributed by atoms with van der Waals surface area (Å²) in [5.74, 6) is 0.264. The van der Waals surface area contributed by atoms with Gasteiger partial charge in [0.25, 0.3) is 5.91 Å². The van der Waals surface area contributed by atoms with Gasteiger partial charge in [-0.15, -0.1) is 0 Å². The number of methoxy groups -OCH3 is 1. The van der Waals surface area contributed by atoms with E-state index in [4.69, 9.17) is 32.7 Å². The number of amides is 1. The Morgan fingerprint density at radius 3 is 2.35 bits per heavy atom. The molecule has 1 N–H and O–H groups in total. The van der Waals surface area contributed by atoms with Crippen LogP contribution in [-0.2, 0) is 14.3 Å². The number of morpholine rings is 1. The normalized spacial score (nSPS) is 23.1. The molecule has 4 atom stereocenters. The van der Waals surface area contributed by atoms with Crippen LogP contribution in [0.25, 0.3) is 0 Å². The molecule has 0 unspecified atom stereocenters. The third kappa shape index (κ3) is 6.75. The van der Waals surface area contributed by atoms with E-state index in [0.29, 0.717) is 21.7 Å². The van der Waals surface area contributed by atoms with Crippen LogP contribution in [0.1, 0.15) is 63.3 Å². The maximum Gasteiger partial charge on any atom is 0.306 e. The zero-order valence-electron chi connectivity index (χ0n) is 21.4. The van der Waals surface area contributed by atoms with E-state index >= 15 is 0 Å². The highest BCUT2D eigenvalue weighted by atomic mass is 35.5. The molecule has 1 saturated heterocycles. The Kier molecular flexibility index (Phi) is 8.68. The number of rotatable bonds is 9. The first kappa shape index (κ1) is 28.1. The van der Waals surface area contributed by atoms with Gasteiger partial charge in [-0.25, -0.2) is 0 Å². The second-order valence-corrected chi connectivity index (χ2v) is 13.3. The molecule has 6 nitrogen and oxygen atoms in total. The van der Waals surface area contributed by atoms with Crippen molar-refractivity contribution in [2.24, 2.45) is 5.92 Å². The molecule has 1 saturated carbocycles. The van der Waals surface area contributed by atoms with E-state index in [9.17, 15) is 14.7 Å². The van der Waals surface area contributed by atoms with Crippen LogP contribution in [0.15, 0.2) is 42.5 Å². The molecule has 0 bridgehead atoms. The predicted octanol–water partition coefficient (Wildman–Crippen LogP) is 6.80. The third-order valence-corrected chi connectivity index (χ3v) is 8.64. The summed E-state index contributed by atoms with van der Waals surface area (Å²) < 4.78 is 11.7. The first-order valence-corrected chi connectivity index (χ1v) is 14.1. The van der Waals surface area contributed by atoms with Crippen LogP contribution in [0.3, 0.4) is 0 Å². The average molecular weight is 567 g/mol. The number of thioether (sulfide) groups is 1. The largest absolute Gasteiger partial charge is 0.495 e. The number of carbonyl (C=O) groups is 2. The second-order valence-electron chi connectivity index (χ2n) is 10.6. The number of aliphatic carboxylic acids is 1. The summed E-state index contributed by atoms with van der Waals surface area (Å²) in [5, 5.41) is 10.6. The standard InChI is InChI=1S/C28H33Cl2NO5S/c1-28(2,3)37-15-21(16-5-6-16)31-25(17-7-10-19(29)11-8-17)26(36-23(27(31)34)14-24(32)33)18-9-12-22(35-4)20(30)13-18/h7-13,16,21,23,25-26H,5-6,14-15H2,1-4H3,(H,32,33)/t21-,23+,25-,26-/m1/s1. The zero-order valence-corrected chi connectivity index (χ0v) is 23.8. The Labute approximate surface area is 232 Å². The predicted molar refractivity (Wildman–Crippen MR) is 148 cm³/mol. The Morgan fingerprint density at radius 2 is 1.81 bits per heavy atom. The highest BCUT2D eigenvalue weighted by Gasteiger charge is 2.50. The van der Waals surface area contributed by atoms with Gasteiger partial charge in [0.15, 0.2) is 0 Å². The van der Waals surface area contributed by atoms with E-state index in [1.165, 1.54) is 0 Å². The number of nitrogens with zero attached hydrogens (tertiary/aromatic N) is 1. The lowest BCUT2D eigenvalue weighted by molar-refractivity contribution is -0.183. The van der Waals surface area contributed by atoms with Crippen molar-refractivity contribution in [3.63, 3.8) is 0 Å². The molecule has 2 aliphatic rings. The van der Waals surface area contributed by atoms with E-state index in [2.05, 4.69) is 20.8 Å². The first-order chi connectivity index (χ1) is 17.5. The smallest absolute Gasteiger partial charge is 0.306 e. The number of carboxylic acid groups (broad SMARTS) is 1. The summed E-state index contributed by atoms with van der Waals surface area (Å²) in [7, 11) is 1.55. The summed E-state index contributed by atoms with van der Waals surface area (Å²) in [6.07, 6.45) is -0.0703. The van der Waals surface area contributed by atoms with E-state index in [-0.39, 0.29) is 16.7 Å². The van der Waals surface area contributed by atoms with Gasteiger partial charge in [-0.1, -0.05) is 62.2 Å². The number of hydrogen-bond donors (Lipinski definition) is 1. The molecular formula is C28H33Cl2NO5S. The van der Waals surface area contributed by atoms with Crippen molar-refractivity contribution < 1.29 is 24.2 Å². The summed E-state index contributed by atoms with van der Waals surface area (Å²) in [4.78, 5) is 27.7. The van der Waals surface area contributed by atoms with Gasteiger partial charge in [-0.05, 0) is 54.2 Å². The molecule has 200 valence electrons. The monoisotopic (exact) mass is 565 g/mol. The lowest BCUT2D eigenvalue weighted by Gasteiger charge is -2.48. The van der Waals surface area contributed by atoms with Crippen LogP contribution < -0.4 is 4.74 Å². The molecule has 9 heteroatoms. The fourth-order valence-electron chi connectivity index (χ4n) is 4.80. The fourth-order valence-corrected chi connectivity index (χ4v) is 6.29. The topological polar surface area (TPSA) is 76.1 Å². The highest BCUT2D eigenvalue weighted by molar-refractivity contribution is 8.00. The van der Waals surface area contributed by atoms with Crippen molar-refractivity contribution in [1.29, 1.82) is 0 Å². The number of halogens is 2. The van der Waals surface area contributed by atoms with Crippen LogP contribution in [0.5, 0.6) is 5.75 Å². The molecule has 37 heavy (non-hydrogen) atoms. The Balaban J connectivity index is 1.85. The number of carboxylic acids is 1. The molecule has 0 radical (unpaired) electrons. The minimum atomic E-state index is -1.10. The summed E-state index contributed by atoms with van der Waals surface area (Å²) in [6.45, 7) is 6.48. The lowest BCUT2D eigenvalue weighted by atomic mass is 9.89. The van der Waals surface area contributed by atoms with Crippen molar-refractivity contribution >= 4 is 46.8 Å². The van der Waals surface area contributed by atoms with Crippen molar-refractivity contribution in [1.82, 2.24) is 4.90 Å². The maximum atomic E-state index is 14.0. The minimum absolute atomic E-state index is 0.0155. The van der Waals surface area contributed by atoms with Crippen molar-refractivity contribution in [3.8, 4) is 5.75 Å². The molecular weight excluding hydrogens is 533 g/mol. The van der Waals surface area contributed by atoms with Gasteiger partial charge < -0.3 is 19.5 Å². The molecule has 2 aromatic carbocycles. The molecule has 0 spiro atoms. The minimum Gasteiger partial charge on any atom is -0.495 e. The second kappa shape index (κ2) is 11.4. The summed E-state index contributed by atoms with van der Waals surface area (Å²) in [6, 6.07) is 12.3. The summed E-state index contributed by atoms with van der Waals surface area (Å²) >= 11 is 14.5. The first-order valence-electron chi connectivity index (χ1n) is 12.4. The molecule has 2 fully saturated rings. The van der Waals surface area contributed by atoms with Crippen LogP contribution in [0, 0.1) is 5.92 Å². The summed E-state index contributed by atoms with van der Waals surface area (Å²) in [5.41, 5.74) is 1.62. The van der Waals surface area contributed by atoms with Crippen LogP contribution in [0.2, 0.25) is 10.0 Å². The molecule has 1 aliphatic carbocycles. The Hall–Kier alpha value is -1.93. The number of benzene rings is 2. The molecule has 1 heterocycles. The number of ether oxygens (including phenoxy) is 2. The number of hydrogen-bond acceptors (Lipinski definition) is 5. The van der Waals surface area contributed by atoms with E-state index < -0.39 is 30.6 Å². The van der Waals surface area contributed by atoms with Gasteiger partial charge in [-0.2, -0.15) is 11.8 Å². The van der Waals surface area contributed by atoms with Gasteiger partial charge in [0.1, 0.15) is 18.0 Å². The zero-order chi connectivity index (χ0) is 26.9. The fraction of sp³-hybridized carbons (Fsp3) is 0.500. The van der Waals surface area contributed by atoms with Crippen molar-refractivity contribution in [3.05, 3.63) is 63.6 Å². The molecule has 2 aromatic rings. The van der Waals surface area contributed by atoms with Crippen LogP contribution in [-0.4, -0.2) is 51.6 Å². The van der Waals surface area contributed by atoms with E-state index in [0.717, 1.165) is 29.7 Å². The highest BCUT2D eigenvalue weighted by Crippen LogP contribution is 2.49. The van der Waals surface area contributed by atoms with E-state index in [1.807, 2.05) is 34.9 Å². The van der Waals surface area contributed by atoms with Gasteiger partial charge in [0.2, 0.25) is 0 Å². The van der Waals surface area contributed by atoms with Crippen molar-refractivity contribution in [2.75, 3.05) is 12.9 Å². The Morgan fingerprint density at radius 1 is 1.16 bits per heavy atom. The van der Waals surface area contributed by atoms with Crippen LogP contribution >= 0.6 is 35.0 Å². The quantitative estimate of drug-likeness (QED) is 0.360. The molecule has 4 rings (SSSR count). The SMILES string of the molecule is COc1ccc([C@H]2O[C@@H](CC(=O)O)C(=O)N([C@H](CSC(C)(C)C)C3CC3)[C@@H]2c2ccc(Cl)cc2)cc1Cl. The van der Waals surface area contributed by atoms with Gasteiger partial charge in [-0.3, -0.25) is 9.59 Å². The lowest BCUT2D eigenvalue weighted by Crippen LogP contribution is -2.56. The third-order valence-electron chi connectivity index (χ3n) is 6.71. The van der Waals surface area contributed by atoms with Gasteiger partial charge in [0.05, 0.1) is 24.6 Å². The van der Waals surface area contributed by atoms with E-state index in [1.54, 1.807) is 31.4 Å². The van der Waals surface area contributed by atoms with Crippen molar-refractivity contribution in [2.45, 2.75) is 69.1 Å². The Bertz CT molecular complexity index is 1130.